The smallest absolute Gasteiger partial charge is 0.254 e. The fraction of sp³-hybridized carbons (Fsp3) is 0.308. The first-order valence-corrected chi connectivity index (χ1v) is 10.6. The molecule has 0 spiro atoms. The molecule has 0 aromatic heterocycles. The lowest BCUT2D eigenvalue weighted by Gasteiger charge is -2.40. The van der Waals surface area contributed by atoms with Crippen LogP contribution in [0.2, 0.25) is 0 Å². The quantitative estimate of drug-likeness (QED) is 0.705. The van der Waals surface area contributed by atoms with E-state index in [1.54, 1.807) is 7.11 Å². The predicted octanol–water partition coefficient (Wildman–Crippen LogP) is 5.08. The Hall–Kier alpha value is -3.41. The molecule has 1 amide bonds. The molecule has 2 aromatic rings. The lowest BCUT2D eigenvalue weighted by Crippen LogP contribution is -2.39. The number of rotatable bonds is 4. The second-order valence-corrected chi connectivity index (χ2v) is 9.13. The molecule has 0 fully saturated rings. The van der Waals surface area contributed by atoms with Gasteiger partial charge in [-0.1, -0.05) is 32.0 Å². The maximum absolute atomic E-state index is 13.5. The van der Waals surface area contributed by atoms with Crippen molar-refractivity contribution >= 4 is 17.4 Å². The molecule has 5 nitrogen and oxygen atoms in total. The van der Waals surface area contributed by atoms with E-state index < -0.39 is 5.92 Å². The Morgan fingerprint density at radius 2 is 1.81 bits per heavy atom. The van der Waals surface area contributed by atoms with E-state index in [2.05, 4.69) is 24.5 Å². The summed E-state index contributed by atoms with van der Waals surface area (Å²) in [6, 6.07) is 13.1. The zero-order valence-corrected chi connectivity index (χ0v) is 18.7. The summed E-state index contributed by atoms with van der Waals surface area (Å²) in [5, 5.41) is 6.20. The number of carbonyl (C=O) groups is 2. The van der Waals surface area contributed by atoms with Crippen molar-refractivity contribution in [3.63, 3.8) is 0 Å². The average Bonchev–Trinajstić information content (AvgIpc) is 2.73. The first-order chi connectivity index (χ1) is 15.2. The molecule has 2 aromatic carbocycles. The minimum atomic E-state index is -0.563. The van der Waals surface area contributed by atoms with Crippen LogP contribution in [-0.4, -0.2) is 18.8 Å². The van der Waals surface area contributed by atoms with Gasteiger partial charge in [-0.05, 0) is 49.1 Å². The number of ether oxygens (including phenoxy) is 1. The molecule has 1 heterocycles. The van der Waals surface area contributed by atoms with Crippen LogP contribution in [0.3, 0.4) is 0 Å². The number of carbonyl (C=O) groups excluding carboxylic acids is 2. The average molecular weight is 435 g/mol. The summed E-state index contributed by atoms with van der Waals surface area (Å²) in [6.07, 6.45) is 1.12. The lowest BCUT2D eigenvalue weighted by molar-refractivity contribution is -0.118. The number of hydrogen-bond donors (Lipinski definition) is 2. The Balaban J connectivity index is 1.83. The van der Waals surface area contributed by atoms with Gasteiger partial charge in [0.2, 0.25) is 0 Å². The van der Waals surface area contributed by atoms with Crippen molar-refractivity contribution < 1.29 is 18.7 Å². The Kier molecular flexibility index (Phi) is 5.63. The maximum Gasteiger partial charge on any atom is 0.254 e. The Morgan fingerprint density at radius 3 is 2.50 bits per heavy atom. The van der Waals surface area contributed by atoms with E-state index in [0.717, 1.165) is 11.3 Å². The molecule has 0 unspecified atom stereocenters. The first-order valence-electron chi connectivity index (χ1n) is 10.6. The summed E-state index contributed by atoms with van der Waals surface area (Å²) in [4.78, 5) is 26.8. The van der Waals surface area contributed by atoms with Gasteiger partial charge in [-0.2, -0.15) is 0 Å². The number of nitrogens with one attached hydrogen (secondary N) is 2. The zero-order chi connectivity index (χ0) is 23.0. The molecule has 0 bridgehead atoms. The van der Waals surface area contributed by atoms with E-state index in [4.69, 9.17) is 4.74 Å². The SMILES string of the molecule is COc1ccccc1[C@H]1C(C(=O)Nc2ccc(F)cc2)=C(C)NC2=C1C(=O)CC(C)(C)C2. The van der Waals surface area contributed by atoms with Crippen LogP contribution in [0.1, 0.15) is 45.1 Å². The highest BCUT2D eigenvalue weighted by Gasteiger charge is 2.43. The van der Waals surface area contributed by atoms with Gasteiger partial charge >= 0.3 is 0 Å². The van der Waals surface area contributed by atoms with Crippen LogP contribution >= 0.6 is 0 Å². The molecular weight excluding hydrogens is 407 g/mol. The Morgan fingerprint density at radius 1 is 1.12 bits per heavy atom. The number of amides is 1. The molecule has 0 radical (unpaired) electrons. The fourth-order valence-electron chi connectivity index (χ4n) is 4.68. The van der Waals surface area contributed by atoms with Crippen LogP contribution in [0.25, 0.3) is 0 Å². The summed E-state index contributed by atoms with van der Waals surface area (Å²) in [5.41, 5.74) is 3.69. The molecule has 1 atom stereocenters. The number of methoxy groups -OCH3 is 1. The number of hydrogen-bond acceptors (Lipinski definition) is 4. The molecule has 2 N–H and O–H groups in total. The number of para-hydroxylation sites is 1. The normalized spacial score (nSPS) is 19.9. The van der Waals surface area contributed by atoms with E-state index >= 15 is 0 Å². The maximum atomic E-state index is 13.5. The van der Waals surface area contributed by atoms with Crippen molar-refractivity contribution in [2.75, 3.05) is 12.4 Å². The van der Waals surface area contributed by atoms with Crippen molar-refractivity contribution in [1.29, 1.82) is 0 Å². The summed E-state index contributed by atoms with van der Waals surface area (Å²) in [5.74, 6) is -0.647. The molecule has 4 rings (SSSR count). The topological polar surface area (TPSA) is 67.4 Å². The molecule has 1 aliphatic carbocycles. The second-order valence-electron chi connectivity index (χ2n) is 9.13. The summed E-state index contributed by atoms with van der Waals surface area (Å²) < 4.78 is 18.9. The van der Waals surface area contributed by atoms with Gasteiger partial charge in [-0.3, -0.25) is 9.59 Å². The van der Waals surface area contributed by atoms with Gasteiger partial charge < -0.3 is 15.4 Å². The number of allylic oxidation sites excluding steroid dienone is 3. The largest absolute Gasteiger partial charge is 0.496 e. The van der Waals surface area contributed by atoms with Crippen LogP contribution in [0, 0.1) is 11.2 Å². The number of halogens is 1. The van der Waals surface area contributed by atoms with E-state index in [9.17, 15) is 14.0 Å². The third-order valence-electron chi connectivity index (χ3n) is 6.04. The second kappa shape index (κ2) is 8.26. The molecule has 1 aliphatic heterocycles. The van der Waals surface area contributed by atoms with E-state index in [1.165, 1.54) is 24.3 Å². The van der Waals surface area contributed by atoms with Gasteiger partial charge in [0.1, 0.15) is 11.6 Å². The molecule has 2 aliphatic rings. The minimum Gasteiger partial charge on any atom is -0.496 e. The van der Waals surface area contributed by atoms with E-state index in [1.807, 2.05) is 31.2 Å². The Labute approximate surface area is 187 Å². The summed E-state index contributed by atoms with van der Waals surface area (Å²) >= 11 is 0. The third-order valence-corrected chi connectivity index (χ3v) is 6.04. The van der Waals surface area contributed by atoms with Gasteiger partial charge in [0.15, 0.2) is 5.78 Å². The van der Waals surface area contributed by atoms with Crippen LogP contribution in [0.15, 0.2) is 71.1 Å². The van der Waals surface area contributed by atoms with Gasteiger partial charge in [0.25, 0.3) is 5.91 Å². The van der Waals surface area contributed by atoms with Crippen molar-refractivity contribution in [1.82, 2.24) is 5.32 Å². The van der Waals surface area contributed by atoms with Crippen molar-refractivity contribution in [2.24, 2.45) is 5.41 Å². The third kappa shape index (κ3) is 4.05. The van der Waals surface area contributed by atoms with Crippen LogP contribution < -0.4 is 15.4 Å². The highest BCUT2D eigenvalue weighted by atomic mass is 19.1. The molecular formula is C26H27FN2O3. The number of dihydropyridines is 1. The number of ketones is 1. The van der Waals surface area contributed by atoms with Crippen molar-refractivity contribution in [3.8, 4) is 5.75 Å². The van der Waals surface area contributed by atoms with Gasteiger partial charge in [-0.15, -0.1) is 0 Å². The first kappa shape index (κ1) is 21.8. The van der Waals surface area contributed by atoms with Crippen molar-refractivity contribution in [2.45, 2.75) is 39.5 Å². The fourth-order valence-corrected chi connectivity index (χ4v) is 4.68. The molecule has 0 saturated heterocycles. The molecule has 32 heavy (non-hydrogen) atoms. The zero-order valence-electron chi connectivity index (χ0n) is 18.7. The van der Waals surface area contributed by atoms with E-state index in [0.29, 0.717) is 41.1 Å². The standard InChI is InChI=1S/C26H27FN2O3/c1-15-22(25(31)29-17-11-9-16(27)10-12-17)23(18-7-5-6-8-21(18)32-4)24-19(28-15)13-26(2,3)14-20(24)30/h5-12,23,28H,13-14H2,1-4H3,(H,29,31)/t23-/m0/s1. The van der Waals surface area contributed by atoms with Gasteiger partial charge in [0.05, 0.1) is 13.0 Å². The van der Waals surface area contributed by atoms with Crippen LogP contribution in [0.4, 0.5) is 10.1 Å². The van der Waals surface area contributed by atoms with E-state index in [-0.39, 0.29) is 22.9 Å². The number of anilines is 1. The van der Waals surface area contributed by atoms with Crippen LogP contribution in [0.5, 0.6) is 5.75 Å². The monoisotopic (exact) mass is 434 g/mol. The van der Waals surface area contributed by atoms with Crippen molar-refractivity contribution in [3.05, 3.63) is 82.5 Å². The summed E-state index contributed by atoms with van der Waals surface area (Å²) in [7, 11) is 1.58. The lowest BCUT2D eigenvalue weighted by atomic mass is 9.68. The molecule has 166 valence electrons. The summed E-state index contributed by atoms with van der Waals surface area (Å²) in [6.45, 7) is 5.99. The molecule has 6 heteroatoms. The highest BCUT2D eigenvalue weighted by molar-refractivity contribution is 6.10. The highest BCUT2D eigenvalue weighted by Crippen LogP contribution is 2.48. The van der Waals surface area contributed by atoms with Crippen LogP contribution in [-0.2, 0) is 9.59 Å². The number of Topliss-reactive ketones (excluding diaryl/α,β-unsaturated/α-hetero) is 1. The van der Waals surface area contributed by atoms with Gasteiger partial charge in [0, 0.05) is 40.2 Å². The van der Waals surface area contributed by atoms with Gasteiger partial charge in [-0.25, -0.2) is 4.39 Å². The molecule has 0 saturated carbocycles. The number of benzene rings is 2. The Bertz CT molecular complexity index is 1150. The minimum absolute atomic E-state index is 0.0271. The predicted molar refractivity (Wildman–Crippen MR) is 122 cm³/mol.